The van der Waals surface area contributed by atoms with E-state index in [-0.39, 0.29) is 45.1 Å². The molecule has 1 aliphatic carbocycles. The second-order valence-electron chi connectivity index (χ2n) is 10.8. The summed E-state index contributed by atoms with van der Waals surface area (Å²) in [4.78, 5) is 33.2. The first-order valence-corrected chi connectivity index (χ1v) is 15.4. The third-order valence-electron chi connectivity index (χ3n) is 7.28. The summed E-state index contributed by atoms with van der Waals surface area (Å²) < 4.78 is 44.2. The summed E-state index contributed by atoms with van der Waals surface area (Å²) in [5.74, 6) is 0.362. The van der Waals surface area contributed by atoms with Crippen LogP contribution in [-0.2, 0) is 10.0 Å². The molecule has 5 rings (SSSR count). The van der Waals surface area contributed by atoms with Crippen LogP contribution in [0.5, 0.6) is 0 Å². The number of pyridine rings is 1. The topological polar surface area (TPSA) is 135 Å². The largest absolute Gasteiger partial charge is 0.351 e. The minimum atomic E-state index is -3.97. The lowest BCUT2D eigenvalue weighted by atomic mass is 9.89. The molecule has 0 spiro atoms. The Morgan fingerprint density at radius 3 is 2.48 bits per heavy atom. The SMILES string of the molecule is CC(C)n1c(=O)c(-c2ccc(NS(=O)(=O)c3ccccc3Cl)nc2)nc2cnc(NC3CCC(N(C)C)C(F)C3)nc21. The number of sulfonamides is 1. The fraction of sp³-hybridized carbons (Fsp3) is 0.393. The molecular formula is C28H32ClFN8O3S. The van der Waals surface area contributed by atoms with Gasteiger partial charge in [0, 0.05) is 36.3 Å². The normalized spacial score (nSPS) is 19.4. The number of benzene rings is 1. The maximum absolute atomic E-state index is 14.7. The number of nitrogens with zero attached hydrogens (tertiary/aromatic N) is 6. The van der Waals surface area contributed by atoms with Crippen molar-refractivity contribution in [1.82, 2.24) is 29.4 Å². The molecule has 14 heteroatoms. The van der Waals surface area contributed by atoms with Gasteiger partial charge in [-0.25, -0.2) is 27.8 Å². The molecule has 222 valence electrons. The Hall–Kier alpha value is -3.68. The van der Waals surface area contributed by atoms with Crippen LogP contribution in [0.3, 0.4) is 0 Å². The molecule has 3 aromatic heterocycles. The van der Waals surface area contributed by atoms with Gasteiger partial charge in [0.25, 0.3) is 15.6 Å². The zero-order chi connectivity index (χ0) is 30.2. The van der Waals surface area contributed by atoms with Crippen LogP contribution in [0.1, 0.15) is 39.2 Å². The van der Waals surface area contributed by atoms with Crippen molar-refractivity contribution in [3.05, 3.63) is 64.2 Å². The monoisotopic (exact) mass is 614 g/mol. The van der Waals surface area contributed by atoms with Gasteiger partial charge in [-0.05, 0) is 65.0 Å². The van der Waals surface area contributed by atoms with Crippen LogP contribution in [0.2, 0.25) is 5.02 Å². The number of fused-ring (bicyclic) bond motifs is 1. The van der Waals surface area contributed by atoms with Crippen molar-refractivity contribution >= 4 is 44.6 Å². The maximum atomic E-state index is 14.7. The number of aromatic nitrogens is 5. The van der Waals surface area contributed by atoms with Gasteiger partial charge in [-0.3, -0.25) is 14.1 Å². The molecule has 11 nitrogen and oxygen atoms in total. The van der Waals surface area contributed by atoms with E-state index < -0.39 is 16.2 Å². The number of rotatable bonds is 8. The molecule has 0 aliphatic heterocycles. The highest BCUT2D eigenvalue weighted by Gasteiger charge is 2.32. The van der Waals surface area contributed by atoms with E-state index in [1.807, 2.05) is 32.8 Å². The number of halogens is 2. The van der Waals surface area contributed by atoms with Crippen molar-refractivity contribution in [3.8, 4) is 11.3 Å². The molecule has 3 unspecified atom stereocenters. The lowest BCUT2D eigenvalue weighted by Gasteiger charge is -2.35. The Labute approximate surface area is 248 Å². The summed E-state index contributed by atoms with van der Waals surface area (Å²) in [5.41, 5.74) is 0.879. The second-order valence-corrected chi connectivity index (χ2v) is 12.9. The van der Waals surface area contributed by atoms with Crippen molar-refractivity contribution in [1.29, 1.82) is 0 Å². The molecule has 1 aliphatic rings. The van der Waals surface area contributed by atoms with Gasteiger partial charge in [0.15, 0.2) is 5.65 Å². The van der Waals surface area contributed by atoms with E-state index in [0.717, 1.165) is 12.8 Å². The number of hydrogen-bond acceptors (Lipinski definition) is 9. The van der Waals surface area contributed by atoms with Gasteiger partial charge in [-0.2, -0.15) is 4.98 Å². The summed E-state index contributed by atoms with van der Waals surface area (Å²) in [7, 11) is -0.199. The van der Waals surface area contributed by atoms with Gasteiger partial charge < -0.3 is 10.2 Å². The number of nitrogens with one attached hydrogen (secondary N) is 2. The lowest BCUT2D eigenvalue weighted by Crippen LogP contribution is -2.44. The fourth-order valence-electron chi connectivity index (χ4n) is 5.18. The predicted octanol–water partition coefficient (Wildman–Crippen LogP) is 4.52. The Morgan fingerprint density at radius 1 is 1.07 bits per heavy atom. The van der Waals surface area contributed by atoms with Crippen LogP contribution in [-0.4, -0.2) is 70.2 Å². The highest BCUT2D eigenvalue weighted by molar-refractivity contribution is 7.92. The molecule has 0 amide bonds. The molecule has 0 saturated heterocycles. The zero-order valence-corrected chi connectivity index (χ0v) is 25.2. The Morgan fingerprint density at radius 2 is 1.83 bits per heavy atom. The minimum Gasteiger partial charge on any atom is -0.351 e. The maximum Gasteiger partial charge on any atom is 0.279 e. The van der Waals surface area contributed by atoms with Crippen molar-refractivity contribution < 1.29 is 12.8 Å². The van der Waals surface area contributed by atoms with Crippen LogP contribution in [0.25, 0.3) is 22.4 Å². The summed E-state index contributed by atoms with van der Waals surface area (Å²) in [6.07, 6.45) is 3.78. The smallest absolute Gasteiger partial charge is 0.279 e. The molecule has 42 heavy (non-hydrogen) atoms. The van der Waals surface area contributed by atoms with E-state index in [1.54, 1.807) is 18.2 Å². The zero-order valence-electron chi connectivity index (χ0n) is 23.6. The van der Waals surface area contributed by atoms with Crippen LogP contribution in [0, 0.1) is 0 Å². The molecule has 0 radical (unpaired) electrons. The van der Waals surface area contributed by atoms with E-state index in [9.17, 15) is 17.6 Å². The van der Waals surface area contributed by atoms with Crippen LogP contribution in [0.4, 0.5) is 16.2 Å². The minimum absolute atomic E-state index is 0.0535. The summed E-state index contributed by atoms with van der Waals surface area (Å²) >= 11 is 6.05. The molecule has 1 fully saturated rings. The van der Waals surface area contributed by atoms with Crippen molar-refractivity contribution in [2.45, 2.75) is 62.3 Å². The molecule has 3 heterocycles. The van der Waals surface area contributed by atoms with Gasteiger partial charge in [0.2, 0.25) is 5.95 Å². The van der Waals surface area contributed by atoms with Crippen LogP contribution >= 0.6 is 11.6 Å². The fourth-order valence-corrected chi connectivity index (χ4v) is 6.71. The summed E-state index contributed by atoms with van der Waals surface area (Å²) in [6, 6.07) is 8.59. The van der Waals surface area contributed by atoms with Gasteiger partial charge in [-0.15, -0.1) is 0 Å². The van der Waals surface area contributed by atoms with Gasteiger partial charge in [-0.1, -0.05) is 23.7 Å². The average molecular weight is 615 g/mol. The van der Waals surface area contributed by atoms with E-state index in [4.69, 9.17) is 11.6 Å². The molecular weight excluding hydrogens is 583 g/mol. The standard InChI is InChI=1S/C28H32ClFN8O3S/c1-16(2)38-26-21(15-32-28(35-26)33-18-10-11-22(37(3)4)20(30)13-18)34-25(27(38)39)17-9-12-24(31-14-17)36-42(40,41)23-8-6-5-7-19(23)29/h5-9,12,14-16,18,20,22H,10-11,13H2,1-4H3,(H,31,36)(H,32,33,35). The van der Waals surface area contributed by atoms with E-state index in [1.165, 1.54) is 35.2 Å². The first-order valence-electron chi connectivity index (χ1n) is 13.5. The Kier molecular flexibility index (Phi) is 8.44. The first-order chi connectivity index (χ1) is 19.9. The Balaban J connectivity index is 1.42. The first kappa shape index (κ1) is 29.8. The second kappa shape index (κ2) is 11.9. The number of anilines is 2. The van der Waals surface area contributed by atoms with E-state index >= 15 is 0 Å². The molecule has 2 N–H and O–H groups in total. The van der Waals surface area contributed by atoms with E-state index in [2.05, 4.69) is 30.0 Å². The molecule has 1 saturated carbocycles. The lowest BCUT2D eigenvalue weighted by molar-refractivity contribution is 0.109. The highest BCUT2D eigenvalue weighted by Crippen LogP contribution is 2.28. The van der Waals surface area contributed by atoms with Gasteiger partial charge >= 0.3 is 0 Å². The van der Waals surface area contributed by atoms with Gasteiger partial charge in [0.05, 0.1) is 11.2 Å². The van der Waals surface area contributed by atoms with Crippen molar-refractivity contribution in [2.75, 3.05) is 24.1 Å². The van der Waals surface area contributed by atoms with E-state index in [0.29, 0.717) is 29.1 Å². The Bertz CT molecular complexity index is 1770. The molecule has 3 atom stereocenters. The number of alkyl halides is 1. The quantitative estimate of drug-likeness (QED) is 0.294. The van der Waals surface area contributed by atoms with Crippen molar-refractivity contribution in [2.24, 2.45) is 0 Å². The average Bonchev–Trinajstić information content (AvgIpc) is 2.93. The molecule has 4 aromatic rings. The third kappa shape index (κ3) is 6.08. The molecule has 1 aromatic carbocycles. The summed E-state index contributed by atoms with van der Waals surface area (Å²) in [5, 5.41) is 3.32. The predicted molar refractivity (Wildman–Crippen MR) is 161 cm³/mol. The van der Waals surface area contributed by atoms with Crippen LogP contribution in [0.15, 0.2) is 58.5 Å². The summed E-state index contributed by atoms with van der Waals surface area (Å²) in [6.45, 7) is 3.72. The molecule has 0 bridgehead atoms. The number of hydrogen-bond donors (Lipinski definition) is 2. The third-order valence-corrected chi connectivity index (χ3v) is 9.14. The highest BCUT2D eigenvalue weighted by atomic mass is 35.5. The van der Waals surface area contributed by atoms with Crippen molar-refractivity contribution in [3.63, 3.8) is 0 Å². The van der Waals surface area contributed by atoms with Gasteiger partial charge in [0.1, 0.15) is 28.1 Å². The van der Waals surface area contributed by atoms with Crippen LogP contribution < -0.4 is 15.6 Å².